The van der Waals surface area contributed by atoms with Gasteiger partial charge in [0.05, 0.1) is 6.54 Å². The highest BCUT2D eigenvalue weighted by Gasteiger charge is 2.07. The molecule has 2 heterocycles. The Morgan fingerprint density at radius 1 is 1.23 bits per heavy atom. The minimum Gasteiger partial charge on any atom is -0.361 e. The summed E-state index contributed by atoms with van der Waals surface area (Å²) in [5.74, 6) is 0.842. The molecule has 0 aliphatic rings. The number of para-hydroxylation sites is 1. The van der Waals surface area contributed by atoms with E-state index in [-0.39, 0.29) is 0 Å². The number of aryl methyl sites for hydroxylation is 2. The zero-order chi connectivity index (χ0) is 18.4. The molecule has 0 unspecified atom stereocenters. The summed E-state index contributed by atoms with van der Waals surface area (Å²) in [6.45, 7) is 8.64. The number of thiazole rings is 1. The average molecular weight is 370 g/mol. The Morgan fingerprint density at radius 2 is 2.12 bits per heavy atom. The molecule has 0 spiro atoms. The van der Waals surface area contributed by atoms with Crippen LogP contribution in [0.15, 0.2) is 35.6 Å². The SMILES string of the molecule is CCNC(=NCc1ncc(C)s1)NCCc1c[nH]c2c(CC)cccc12. The first-order chi connectivity index (χ1) is 12.7. The maximum Gasteiger partial charge on any atom is 0.191 e. The number of aromatic nitrogens is 2. The van der Waals surface area contributed by atoms with Gasteiger partial charge in [-0.15, -0.1) is 11.3 Å². The zero-order valence-electron chi connectivity index (χ0n) is 15.7. The number of guanidine groups is 1. The van der Waals surface area contributed by atoms with E-state index in [0.29, 0.717) is 6.54 Å². The first-order valence-corrected chi connectivity index (χ1v) is 10.0. The third-order valence-corrected chi connectivity index (χ3v) is 5.24. The van der Waals surface area contributed by atoms with E-state index in [9.17, 15) is 0 Å². The number of aliphatic imine (C=N–C) groups is 1. The van der Waals surface area contributed by atoms with Crippen molar-refractivity contribution in [1.29, 1.82) is 0 Å². The Hall–Kier alpha value is -2.34. The van der Waals surface area contributed by atoms with E-state index in [0.717, 1.165) is 36.9 Å². The van der Waals surface area contributed by atoms with Crippen LogP contribution in [0, 0.1) is 6.92 Å². The first kappa shape index (κ1) is 18.5. The van der Waals surface area contributed by atoms with E-state index in [2.05, 4.69) is 70.8 Å². The number of hydrogen-bond donors (Lipinski definition) is 3. The number of nitrogens with one attached hydrogen (secondary N) is 3. The van der Waals surface area contributed by atoms with Crippen molar-refractivity contribution >= 4 is 28.2 Å². The van der Waals surface area contributed by atoms with Crippen molar-refractivity contribution in [3.05, 3.63) is 51.6 Å². The lowest BCUT2D eigenvalue weighted by molar-refractivity contribution is 0.801. The number of rotatable bonds is 7. The zero-order valence-corrected chi connectivity index (χ0v) is 16.5. The standard InChI is InChI=1S/C20H27N5S/c1-4-15-7-6-8-17-16(12-24-19(15)17)9-10-22-20(21-5-2)25-13-18-23-11-14(3)26-18/h6-8,11-12,24H,4-5,9-10,13H2,1-3H3,(H2,21,22,25). The summed E-state index contributed by atoms with van der Waals surface area (Å²) in [4.78, 5) is 13.7. The van der Waals surface area contributed by atoms with Crippen LogP contribution in [-0.2, 0) is 19.4 Å². The summed E-state index contributed by atoms with van der Waals surface area (Å²) in [6, 6.07) is 6.54. The second kappa shape index (κ2) is 8.85. The van der Waals surface area contributed by atoms with E-state index in [4.69, 9.17) is 0 Å². The van der Waals surface area contributed by atoms with E-state index >= 15 is 0 Å². The van der Waals surface area contributed by atoms with Crippen molar-refractivity contribution in [2.45, 2.75) is 40.2 Å². The highest BCUT2D eigenvalue weighted by Crippen LogP contribution is 2.22. The summed E-state index contributed by atoms with van der Waals surface area (Å²) in [5.41, 5.74) is 3.98. The normalized spacial score (nSPS) is 11.9. The van der Waals surface area contributed by atoms with E-state index in [1.54, 1.807) is 11.3 Å². The Morgan fingerprint density at radius 3 is 2.85 bits per heavy atom. The van der Waals surface area contributed by atoms with Crippen LogP contribution in [0.2, 0.25) is 0 Å². The molecule has 0 fully saturated rings. The molecular weight excluding hydrogens is 342 g/mol. The number of hydrogen-bond acceptors (Lipinski definition) is 3. The van der Waals surface area contributed by atoms with Crippen LogP contribution in [0.5, 0.6) is 0 Å². The second-order valence-corrected chi connectivity index (χ2v) is 7.56. The fraction of sp³-hybridized carbons (Fsp3) is 0.400. The van der Waals surface area contributed by atoms with Crippen molar-refractivity contribution in [2.24, 2.45) is 4.99 Å². The van der Waals surface area contributed by atoms with E-state index < -0.39 is 0 Å². The lowest BCUT2D eigenvalue weighted by atomic mass is 10.1. The average Bonchev–Trinajstić information content (AvgIpc) is 3.25. The molecule has 0 radical (unpaired) electrons. The van der Waals surface area contributed by atoms with Crippen molar-refractivity contribution in [3.8, 4) is 0 Å². The Labute approximate surface area is 159 Å². The van der Waals surface area contributed by atoms with Crippen LogP contribution in [0.1, 0.15) is 34.9 Å². The third kappa shape index (κ3) is 4.43. The lowest BCUT2D eigenvalue weighted by Crippen LogP contribution is -2.38. The second-order valence-electron chi connectivity index (χ2n) is 6.24. The van der Waals surface area contributed by atoms with E-state index in [1.165, 1.54) is 26.9 Å². The maximum atomic E-state index is 4.64. The van der Waals surface area contributed by atoms with Crippen molar-refractivity contribution in [1.82, 2.24) is 20.6 Å². The van der Waals surface area contributed by atoms with Gasteiger partial charge in [-0.25, -0.2) is 9.98 Å². The fourth-order valence-electron chi connectivity index (χ4n) is 3.06. The molecule has 0 aliphatic heterocycles. The van der Waals surface area contributed by atoms with Crippen LogP contribution < -0.4 is 10.6 Å². The van der Waals surface area contributed by atoms with Gasteiger partial charge in [0, 0.05) is 41.3 Å². The molecule has 3 rings (SSSR count). The number of benzene rings is 1. The van der Waals surface area contributed by atoms with Crippen LogP contribution in [-0.4, -0.2) is 29.0 Å². The summed E-state index contributed by atoms with van der Waals surface area (Å²) in [7, 11) is 0. The molecule has 0 bridgehead atoms. The Balaban J connectivity index is 1.61. The number of H-pyrrole nitrogens is 1. The molecule has 5 nitrogen and oxygen atoms in total. The lowest BCUT2D eigenvalue weighted by Gasteiger charge is -2.10. The van der Waals surface area contributed by atoms with Crippen LogP contribution in [0.3, 0.4) is 0 Å². The first-order valence-electron chi connectivity index (χ1n) is 9.22. The third-order valence-electron chi connectivity index (χ3n) is 4.34. The number of aromatic amines is 1. The predicted octanol–water partition coefficient (Wildman–Crippen LogP) is 3.79. The summed E-state index contributed by atoms with van der Waals surface area (Å²) >= 11 is 1.70. The minimum atomic E-state index is 0.612. The van der Waals surface area contributed by atoms with Crippen LogP contribution in [0.4, 0.5) is 0 Å². The van der Waals surface area contributed by atoms with Gasteiger partial charge in [-0.2, -0.15) is 0 Å². The molecule has 0 atom stereocenters. The Kier molecular flexibility index (Phi) is 6.28. The van der Waals surface area contributed by atoms with Gasteiger partial charge < -0.3 is 15.6 Å². The summed E-state index contributed by atoms with van der Waals surface area (Å²) in [5, 5.41) is 9.10. The Bertz CT molecular complexity index is 877. The highest BCUT2D eigenvalue weighted by molar-refractivity contribution is 7.11. The van der Waals surface area contributed by atoms with Gasteiger partial charge in [-0.3, -0.25) is 0 Å². The minimum absolute atomic E-state index is 0.612. The quantitative estimate of drug-likeness (QED) is 0.438. The van der Waals surface area contributed by atoms with E-state index in [1.807, 2.05) is 6.20 Å². The monoisotopic (exact) mass is 369 g/mol. The summed E-state index contributed by atoms with van der Waals surface area (Å²) in [6.07, 6.45) is 6.03. The maximum absolute atomic E-state index is 4.64. The molecule has 1 aromatic carbocycles. The highest BCUT2D eigenvalue weighted by atomic mass is 32.1. The van der Waals surface area contributed by atoms with Crippen molar-refractivity contribution < 1.29 is 0 Å². The van der Waals surface area contributed by atoms with Crippen molar-refractivity contribution in [2.75, 3.05) is 13.1 Å². The van der Waals surface area contributed by atoms with Gasteiger partial charge in [-0.1, -0.05) is 25.1 Å². The van der Waals surface area contributed by atoms with Gasteiger partial charge >= 0.3 is 0 Å². The molecule has 0 saturated carbocycles. The molecule has 3 aromatic rings. The molecule has 0 amide bonds. The molecule has 6 heteroatoms. The molecular formula is C20H27N5S. The van der Waals surface area contributed by atoms with Crippen LogP contribution in [0.25, 0.3) is 10.9 Å². The van der Waals surface area contributed by atoms with Crippen molar-refractivity contribution in [3.63, 3.8) is 0 Å². The molecule has 3 N–H and O–H groups in total. The fourth-order valence-corrected chi connectivity index (χ4v) is 3.77. The topological polar surface area (TPSA) is 65.1 Å². The van der Waals surface area contributed by atoms with Gasteiger partial charge in [-0.05, 0) is 37.8 Å². The number of nitrogens with zero attached hydrogens (tertiary/aromatic N) is 2. The molecule has 26 heavy (non-hydrogen) atoms. The molecule has 2 aromatic heterocycles. The van der Waals surface area contributed by atoms with Gasteiger partial charge in [0.1, 0.15) is 5.01 Å². The largest absolute Gasteiger partial charge is 0.361 e. The molecule has 0 saturated heterocycles. The van der Waals surface area contributed by atoms with Gasteiger partial charge in [0.2, 0.25) is 0 Å². The smallest absolute Gasteiger partial charge is 0.191 e. The van der Waals surface area contributed by atoms with Crippen LogP contribution >= 0.6 is 11.3 Å². The summed E-state index contributed by atoms with van der Waals surface area (Å²) < 4.78 is 0. The van der Waals surface area contributed by atoms with Gasteiger partial charge in [0.25, 0.3) is 0 Å². The number of fused-ring (bicyclic) bond motifs is 1. The molecule has 138 valence electrons. The van der Waals surface area contributed by atoms with Gasteiger partial charge in [0.15, 0.2) is 5.96 Å². The predicted molar refractivity (Wildman–Crippen MR) is 111 cm³/mol. The molecule has 0 aliphatic carbocycles.